The number of fused-ring (bicyclic) bond motifs is 1. The molecule has 0 saturated heterocycles. The molecule has 0 aliphatic heterocycles. The topological polar surface area (TPSA) is 61.4 Å². The first-order valence-electron chi connectivity index (χ1n) is 7.00. The number of hydrogen-bond acceptors (Lipinski definition) is 2. The van der Waals surface area contributed by atoms with Crippen LogP contribution in [0.2, 0.25) is 0 Å². The summed E-state index contributed by atoms with van der Waals surface area (Å²) in [4.78, 5) is 11.4. The lowest BCUT2D eigenvalue weighted by Crippen LogP contribution is -2.36. The molecule has 0 heterocycles. The number of benzene rings is 2. The first kappa shape index (κ1) is 15.1. The Hall–Kier alpha value is -2.33. The third kappa shape index (κ3) is 4.07. The number of rotatable bonds is 6. The molecule has 0 aliphatic rings. The van der Waals surface area contributed by atoms with Crippen LogP contribution in [-0.4, -0.2) is 24.2 Å². The second-order valence-corrected chi connectivity index (χ2v) is 4.80. The van der Waals surface area contributed by atoms with E-state index < -0.39 is 6.10 Å². The molecule has 2 rings (SSSR count). The lowest BCUT2D eigenvalue weighted by atomic mass is 9.99. The fourth-order valence-electron chi connectivity index (χ4n) is 2.25. The molecule has 1 atom stereocenters. The van der Waals surface area contributed by atoms with Crippen LogP contribution in [0, 0.1) is 0 Å². The molecule has 2 aromatic carbocycles. The lowest BCUT2D eigenvalue weighted by molar-refractivity contribution is 0.168. The maximum Gasteiger partial charge on any atom is 0.315 e. The molecular formula is C17H20N2O2. The van der Waals surface area contributed by atoms with Crippen molar-refractivity contribution in [1.29, 1.82) is 0 Å². The van der Waals surface area contributed by atoms with Gasteiger partial charge in [0, 0.05) is 13.1 Å². The van der Waals surface area contributed by atoms with Gasteiger partial charge in [0.2, 0.25) is 0 Å². The molecule has 0 radical (unpaired) electrons. The maximum absolute atomic E-state index is 11.4. The molecule has 0 fully saturated rings. The van der Waals surface area contributed by atoms with E-state index in [1.807, 2.05) is 42.5 Å². The van der Waals surface area contributed by atoms with Gasteiger partial charge < -0.3 is 15.7 Å². The Bertz CT molecular complexity index is 620. The zero-order chi connectivity index (χ0) is 15.1. The second kappa shape index (κ2) is 7.45. The number of amides is 2. The van der Waals surface area contributed by atoms with E-state index in [9.17, 15) is 9.90 Å². The molecule has 21 heavy (non-hydrogen) atoms. The van der Waals surface area contributed by atoms with E-state index in [4.69, 9.17) is 0 Å². The van der Waals surface area contributed by atoms with Crippen LogP contribution in [0.4, 0.5) is 4.79 Å². The SMILES string of the molecule is C=CCNC(=O)NCCC(O)c1cccc2ccccc12. The van der Waals surface area contributed by atoms with Gasteiger partial charge in [-0.1, -0.05) is 48.5 Å². The zero-order valence-corrected chi connectivity index (χ0v) is 11.9. The van der Waals surface area contributed by atoms with Crippen molar-refractivity contribution in [2.75, 3.05) is 13.1 Å². The van der Waals surface area contributed by atoms with Gasteiger partial charge in [-0.15, -0.1) is 6.58 Å². The predicted octanol–water partition coefficient (Wildman–Crippen LogP) is 2.75. The van der Waals surface area contributed by atoms with Gasteiger partial charge in [0.15, 0.2) is 0 Å². The molecule has 2 amide bonds. The number of aliphatic hydroxyl groups excluding tert-OH is 1. The number of carbonyl (C=O) groups excluding carboxylic acids is 1. The van der Waals surface area contributed by atoms with E-state index >= 15 is 0 Å². The molecule has 2 aromatic rings. The summed E-state index contributed by atoms with van der Waals surface area (Å²) < 4.78 is 0. The highest BCUT2D eigenvalue weighted by molar-refractivity contribution is 5.85. The van der Waals surface area contributed by atoms with Crippen LogP contribution in [0.15, 0.2) is 55.1 Å². The van der Waals surface area contributed by atoms with Crippen molar-refractivity contribution in [2.45, 2.75) is 12.5 Å². The van der Waals surface area contributed by atoms with Crippen molar-refractivity contribution >= 4 is 16.8 Å². The number of nitrogens with one attached hydrogen (secondary N) is 2. The van der Waals surface area contributed by atoms with Crippen molar-refractivity contribution in [1.82, 2.24) is 10.6 Å². The smallest absolute Gasteiger partial charge is 0.315 e. The van der Waals surface area contributed by atoms with Gasteiger partial charge in [-0.05, 0) is 22.8 Å². The molecule has 0 aromatic heterocycles. The Morgan fingerprint density at radius 1 is 1.19 bits per heavy atom. The molecule has 110 valence electrons. The minimum Gasteiger partial charge on any atom is -0.388 e. The normalized spacial score (nSPS) is 11.9. The summed E-state index contributed by atoms with van der Waals surface area (Å²) in [5.41, 5.74) is 0.890. The van der Waals surface area contributed by atoms with Crippen molar-refractivity contribution in [3.05, 3.63) is 60.7 Å². The summed E-state index contributed by atoms with van der Waals surface area (Å²) in [6.45, 7) is 4.37. The Kier molecular flexibility index (Phi) is 5.35. The van der Waals surface area contributed by atoms with Crippen LogP contribution in [0.25, 0.3) is 10.8 Å². The summed E-state index contributed by atoms with van der Waals surface area (Å²) in [6.07, 6.45) is 1.48. The summed E-state index contributed by atoms with van der Waals surface area (Å²) >= 11 is 0. The molecule has 0 aliphatic carbocycles. The zero-order valence-electron chi connectivity index (χ0n) is 11.9. The molecule has 0 saturated carbocycles. The van der Waals surface area contributed by atoms with Crippen LogP contribution in [0.3, 0.4) is 0 Å². The summed E-state index contributed by atoms with van der Waals surface area (Å²) in [6, 6.07) is 13.6. The van der Waals surface area contributed by atoms with Gasteiger partial charge in [0.25, 0.3) is 0 Å². The highest BCUT2D eigenvalue weighted by Crippen LogP contribution is 2.25. The highest BCUT2D eigenvalue weighted by Gasteiger charge is 2.11. The Morgan fingerprint density at radius 2 is 1.95 bits per heavy atom. The van der Waals surface area contributed by atoms with Gasteiger partial charge in [0.1, 0.15) is 0 Å². The molecule has 0 bridgehead atoms. The third-order valence-corrected chi connectivity index (χ3v) is 3.29. The summed E-state index contributed by atoms with van der Waals surface area (Å²) in [5, 5.41) is 17.8. The van der Waals surface area contributed by atoms with E-state index in [-0.39, 0.29) is 6.03 Å². The summed E-state index contributed by atoms with van der Waals surface area (Å²) in [5.74, 6) is 0. The quantitative estimate of drug-likeness (QED) is 0.714. The van der Waals surface area contributed by atoms with Crippen molar-refractivity contribution in [3.8, 4) is 0 Å². The van der Waals surface area contributed by atoms with Crippen LogP contribution in [-0.2, 0) is 0 Å². The van der Waals surface area contributed by atoms with E-state index in [1.165, 1.54) is 0 Å². The van der Waals surface area contributed by atoms with Crippen molar-refractivity contribution < 1.29 is 9.90 Å². The van der Waals surface area contributed by atoms with Crippen LogP contribution >= 0.6 is 0 Å². The first-order valence-corrected chi connectivity index (χ1v) is 7.00. The fourth-order valence-corrected chi connectivity index (χ4v) is 2.25. The standard InChI is InChI=1S/C17H20N2O2/c1-2-11-18-17(21)19-12-10-16(20)15-9-5-7-13-6-3-4-8-14(13)15/h2-9,16,20H,1,10-12H2,(H2,18,19,21). The molecule has 4 heteroatoms. The second-order valence-electron chi connectivity index (χ2n) is 4.80. The van der Waals surface area contributed by atoms with Crippen LogP contribution in [0.1, 0.15) is 18.1 Å². The highest BCUT2D eigenvalue weighted by atomic mass is 16.3. The molecular weight excluding hydrogens is 264 g/mol. The molecule has 4 nitrogen and oxygen atoms in total. The monoisotopic (exact) mass is 284 g/mol. The van der Waals surface area contributed by atoms with E-state index in [0.717, 1.165) is 16.3 Å². The van der Waals surface area contributed by atoms with Gasteiger partial charge in [0.05, 0.1) is 6.10 Å². The molecule has 1 unspecified atom stereocenters. The molecule has 3 N–H and O–H groups in total. The number of urea groups is 1. The predicted molar refractivity (Wildman–Crippen MR) is 85.1 cm³/mol. The minimum atomic E-state index is -0.601. The fraction of sp³-hybridized carbons (Fsp3) is 0.235. The molecule has 0 spiro atoms. The van der Waals surface area contributed by atoms with E-state index in [1.54, 1.807) is 6.08 Å². The van der Waals surface area contributed by atoms with E-state index in [0.29, 0.717) is 19.5 Å². The average Bonchev–Trinajstić information content (AvgIpc) is 2.52. The Balaban J connectivity index is 1.95. The Labute approximate surface area is 124 Å². The van der Waals surface area contributed by atoms with Crippen molar-refractivity contribution in [2.24, 2.45) is 0 Å². The van der Waals surface area contributed by atoms with E-state index in [2.05, 4.69) is 17.2 Å². The van der Waals surface area contributed by atoms with Gasteiger partial charge in [-0.3, -0.25) is 0 Å². The number of carbonyl (C=O) groups is 1. The number of aliphatic hydroxyl groups is 1. The van der Waals surface area contributed by atoms with Gasteiger partial charge >= 0.3 is 6.03 Å². The van der Waals surface area contributed by atoms with Crippen molar-refractivity contribution in [3.63, 3.8) is 0 Å². The first-order chi connectivity index (χ1) is 10.2. The average molecular weight is 284 g/mol. The van der Waals surface area contributed by atoms with Gasteiger partial charge in [-0.25, -0.2) is 4.79 Å². The van der Waals surface area contributed by atoms with Crippen LogP contribution < -0.4 is 10.6 Å². The van der Waals surface area contributed by atoms with Crippen LogP contribution in [0.5, 0.6) is 0 Å². The third-order valence-electron chi connectivity index (χ3n) is 3.29. The Morgan fingerprint density at radius 3 is 2.76 bits per heavy atom. The largest absolute Gasteiger partial charge is 0.388 e. The minimum absolute atomic E-state index is 0.250. The maximum atomic E-state index is 11.4. The summed E-state index contributed by atoms with van der Waals surface area (Å²) in [7, 11) is 0. The number of hydrogen-bond donors (Lipinski definition) is 3. The lowest BCUT2D eigenvalue weighted by Gasteiger charge is -2.14. The van der Waals surface area contributed by atoms with Gasteiger partial charge in [-0.2, -0.15) is 0 Å².